The van der Waals surface area contributed by atoms with E-state index in [0.29, 0.717) is 5.33 Å². The van der Waals surface area contributed by atoms with Gasteiger partial charge in [0.05, 0.1) is 11.0 Å². The minimum absolute atomic E-state index is 0.129. The number of rotatable bonds is 5. The topological polar surface area (TPSA) is 20.3 Å². The smallest absolute Gasteiger partial charge is 0.255 e. The molecule has 0 unspecified atom stereocenters. The molecule has 0 aliphatic rings. The lowest BCUT2D eigenvalue weighted by atomic mass is 10.2. The molecule has 1 amide bonds. The highest BCUT2D eigenvalue weighted by atomic mass is 79.9. The molecule has 0 spiro atoms. The first-order valence-corrected chi connectivity index (χ1v) is 6.95. The molecule has 0 atom stereocenters. The monoisotopic (exact) mass is 387 g/mol. The molecule has 2 nitrogen and oxygen atoms in total. The Morgan fingerprint density at radius 1 is 1.39 bits per heavy atom. The van der Waals surface area contributed by atoms with Crippen LogP contribution >= 0.6 is 31.9 Å². The van der Waals surface area contributed by atoms with Crippen molar-refractivity contribution in [1.29, 1.82) is 0 Å². The van der Waals surface area contributed by atoms with E-state index < -0.39 is 24.7 Å². The average molecular weight is 389 g/mol. The maximum Gasteiger partial charge on any atom is 0.255 e. The number of amides is 1. The fraction of sp³-hybridized carbons (Fsp3) is 0.364. The minimum atomic E-state index is -2.60. The van der Waals surface area contributed by atoms with Crippen LogP contribution in [0.25, 0.3) is 0 Å². The summed E-state index contributed by atoms with van der Waals surface area (Å²) in [5, 5.41) is 0.397. The van der Waals surface area contributed by atoms with Crippen LogP contribution in [0.1, 0.15) is 10.4 Å². The van der Waals surface area contributed by atoms with Gasteiger partial charge < -0.3 is 4.90 Å². The van der Waals surface area contributed by atoms with Gasteiger partial charge >= 0.3 is 0 Å². The molecule has 18 heavy (non-hydrogen) atoms. The van der Waals surface area contributed by atoms with Crippen LogP contribution in [-0.4, -0.2) is 35.7 Å². The van der Waals surface area contributed by atoms with Gasteiger partial charge in [0.25, 0.3) is 12.3 Å². The molecule has 0 N–H and O–H groups in total. The van der Waals surface area contributed by atoms with Gasteiger partial charge in [0, 0.05) is 17.4 Å². The number of benzene rings is 1. The van der Waals surface area contributed by atoms with Crippen LogP contribution in [0, 0.1) is 5.82 Å². The van der Waals surface area contributed by atoms with Gasteiger partial charge in [0.1, 0.15) is 5.82 Å². The molecule has 1 aromatic carbocycles. The Kier molecular flexibility index (Phi) is 6.14. The van der Waals surface area contributed by atoms with Crippen LogP contribution in [0.5, 0.6) is 0 Å². The third-order valence-corrected chi connectivity index (χ3v) is 3.13. The lowest BCUT2D eigenvalue weighted by Gasteiger charge is -2.21. The van der Waals surface area contributed by atoms with E-state index in [1.165, 1.54) is 12.1 Å². The average Bonchev–Trinajstić information content (AvgIpc) is 2.31. The summed E-state index contributed by atoms with van der Waals surface area (Å²) in [5.41, 5.74) is 0.171. The molecule has 7 heteroatoms. The lowest BCUT2D eigenvalue weighted by Crippen LogP contribution is -2.36. The van der Waals surface area contributed by atoms with Gasteiger partial charge in [-0.1, -0.05) is 15.9 Å². The van der Waals surface area contributed by atoms with Gasteiger partial charge in [-0.2, -0.15) is 0 Å². The fourth-order valence-electron chi connectivity index (χ4n) is 1.36. The number of nitrogens with zero attached hydrogens (tertiary/aromatic N) is 1. The summed E-state index contributed by atoms with van der Waals surface area (Å²) in [6, 6.07) is 3.67. The van der Waals surface area contributed by atoms with Crippen molar-refractivity contribution in [1.82, 2.24) is 4.90 Å². The number of hydrogen-bond donors (Lipinski definition) is 0. The summed E-state index contributed by atoms with van der Waals surface area (Å²) in [6.45, 7) is -0.475. The molecule has 100 valence electrons. The van der Waals surface area contributed by atoms with Crippen molar-refractivity contribution >= 4 is 37.8 Å². The Hall–Kier alpha value is -0.560. The number of carbonyl (C=O) groups is 1. The minimum Gasteiger partial charge on any atom is -0.332 e. The Bertz CT molecular complexity index is 429. The second kappa shape index (κ2) is 7.13. The largest absolute Gasteiger partial charge is 0.332 e. The van der Waals surface area contributed by atoms with E-state index >= 15 is 0 Å². The molecule has 0 aliphatic carbocycles. The molecule has 0 fully saturated rings. The van der Waals surface area contributed by atoms with Gasteiger partial charge in [0.2, 0.25) is 0 Å². The van der Waals surface area contributed by atoms with Gasteiger partial charge in [-0.25, -0.2) is 13.2 Å². The first kappa shape index (κ1) is 15.5. The summed E-state index contributed by atoms with van der Waals surface area (Å²) in [5.74, 6) is -1.05. The number of hydrogen-bond acceptors (Lipinski definition) is 1. The first-order chi connectivity index (χ1) is 8.45. The lowest BCUT2D eigenvalue weighted by molar-refractivity contribution is 0.0572. The quantitative estimate of drug-likeness (QED) is 0.704. The standard InChI is InChI=1S/C11H10Br2F3NO/c12-3-4-17(6-10(15)16)11(18)7-1-2-9(14)8(13)5-7/h1-2,5,10H,3-4,6H2. The molecule has 0 heterocycles. The molecule has 0 saturated heterocycles. The summed E-state index contributed by atoms with van der Waals surface area (Å²) in [7, 11) is 0. The summed E-state index contributed by atoms with van der Waals surface area (Å²) < 4.78 is 37.8. The van der Waals surface area contributed by atoms with E-state index in [2.05, 4.69) is 31.9 Å². The van der Waals surface area contributed by atoms with E-state index in [1.54, 1.807) is 0 Å². The SMILES string of the molecule is O=C(c1ccc(F)c(Br)c1)N(CCBr)CC(F)F. The molecule has 0 bridgehead atoms. The van der Waals surface area contributed by atoms with Crippen molar-refractivity contribution in [3.8, 4) is 0 Å². The number of halogens is 5. The van der Waals surface area contributed by atoms with Gasteiger partial charge in [-0.05, 0) is 34.1 Å². The number of alkyl halides is 3. The van der Waals surface area contributed by atoms with Gasteiger partial charge in [0.15, 0.2) is 0 Å². The Morgan fingerprint density at radius 2 is 2.06 bits per heavy atom. The van der Waals surface area contributed by atoms with Crippen LogP contribution in [0.2, 0.25) is 0 Å². The van der Waals surface area contributed by atoms with Crippen molar-refractivity contribution in [2.24, 2.45) is 0 Å². The molecular formula is C11H10Br2F3NO. The van der Waals surface area contributed by atoms with Crippen LogP contribution in [-0.2, 0) is 0 Å². The van der Waals surface area contributed by atoms with Crippen molar-refractivity contribution in [3.05, 3.63) is 34.1 Å². The normalized spacial score (nSPS) is 10.8. The fourth-order valence-corrected chi connectivity index (χ4v) is 2.16. The Balaban J connectivity index is 2.90. The summed E-state index contributed by atoms with van der Waals surface area (Å²) in [6.07, 6.45) is -2.60. The molecule has 0 saturated carbocycles. The molecular weight excluding hydrogens is 379 g/mol. The Morgan fingerprint density at radius 3 is 2.56 bits per heavy atom. The highest BCUT2D eigenvalue weighted by molar-refractivity contribution is 9.10. The van der Waals surface area contributed by atoms with Crippen molar-refractivity contribution in [2.45, 2.75) is 6.43 Å². The maximum atomic E-state index is 13.0. The van der Waals surface area contributed by atoms with Crippen LogP contribution in [0.4, 0.5) is 13.2 Å². The van der Waals surface area contributed by atoms with Gasteiger partial charge in [-0.15, -0.1) is 0 Å². The highest BCUT2D eigenvalue weighted by Gasteiger charge is 2.19. The summed E-state index contributed by atoms with van der Waals surface area (Å²) in [4.78, 5) is 13.0. The van der Waals surface area contributed by atoms with E-state index in [1.807, 2.05) is 0 Å². The molecule has 0 aliphatic heterocycles. The van der Waals surface area contributed by atoms with Crippen molar-refractivity contribution in [3.63, 3.8) is 0 Å². The van der Waals surface area contributed by atoms with Crippen molar-refractivity contribution in [2.75, 3.05) is 18.4 Å². The predicted molar refractivity (Wildman–Crippen MR) is 69.8 cm³/mol. The maximum absolute atomic E-state index is 13.0. The Labute approximate surface area is 119 Å². The molecule has 0 aromatic heterocycles. The van der Waals surface area contributed by atoms with E-state index in [-0.39, 0.29) is 16.6 Å². The zero-order valence-corrected chi connectivity index (χ0v) is 12.3. The molecule has 1 rings (SSSR count). The van der Waals surface area contributed by atoms with Gasteiger partial charge in [-0.3, -0.25) is 4.79 Å². The zero-order chi connectivity index (χ0) is 13.7. The zero-order valence-electron chi connectivity index (χ0n) is 9.18. The highest BCUT2D eigenvalue weighted by Crippen LogP contribution is 2.18. The van der Waals surface area contributed by atoms with E-state index in [9.17, 15) is 18.0 Å². The second-order valence-electron chi connectivity index (χ2n) is 3.46. The first-order valence-electron chi connectivity index (χ1n) is 5.04. The predicted octanol–water partition coefficient (Wildman–Crippen LogP) is 3.69. The third kappa shape index (κ3) is 4.28. The molecule has 0 radical (unpaired) electrons. The molecule has 1 aromatic rings. The van der Waals surface area contributed by atoms with Crippen molar-refractivity contribution < 1.29 is 18.0 Å². The second-order valence-corrected chi connectivity index (χ2v) is 5.11. The summed E-state index contributed by atoms with van der Waals surface area (Å²) >= 11 is 6.05. The van der Waals surface area contributed by atoms with E-state index in [4.69, 9.17) is 0 Å². The van der Waals surface area contributed by atoms with Crippen LogP contribution < -0.4 is 0 Å². The van der Waals surface area contributed by atoms with Crippen LogP contribution in [0.15, 0.2) is 22.7 Å². The van der Waals surface area contributed by atoms with E-state index in [0.717, 1.165) is 11.0 Å². The number of carbonyl (C=O) groups excluding carboxylic acids is 1. The third-order valence-electron chi connectivity index (χ3n) is 2.17. The van der Waals surface area contributed by atoms with Crippen LogP contribution in [0.3, 0.4) is 0 Å².